The molecule has 0 aromatic heterocycles. The molecule has 0 aromatic carbocycles. The van der Waals surface area contributed by atoms with Crippen molar-refractivity contribution in [1.29, 1.82) is 0 Å². The highest BCUT2D eigenvalue weighted by molar-refractivity contribution is 5.07. The number of aliphatic hydroxyl groups is 3. The lowest BCUT2D eigenvalue weighted by Gasteiger charge is -2.27. The lowest BCUT2D eigenvalue weighted by molar-refractivity contribution is 0.223. The maximum absolute atomic E-state index is 8.82. The minimum absolute atomic E-state index is 0.00506. The first kappa shape index (κ1) is 13.2. The molecular weight excluding hydrogens is 182 g/mol. The summed E-state index contributed by atoms with van der Waals surface area (Å²) >= 11 is 0. The SMILES string of the molecule is C=C(CCO)N(CCO)C(=C)CCO. The van der Waals surface area contributed by atoms with Crippen LogP contribution in [0.5, 0.6) is 0 Å². The molecule has 0 aromatic rings. The highest BCUT2D eigenvalue weighted by Crippen LogP contribution is 2.14. The summed E-state index contributed by atoms with van der Waals surface area (Å²) < 4.78 is 0. The van der Waals surface area contributed by atoms with Crippen molar-refractivity contribution in [2.45, 2.75) is 12.8 Å². The molecule has 0 saturated heterocycles. The van der Waals surface area contributed by atoms with Gasteiger partial charge in [-0.25, -0.2) is 0 Å². The zero-order valence-corrected chi connectivity index (χ0v) is 8.45. The third-order valence-electron chi connectivity index (χ3n) is 1.89. The lowest BCUT2D eigenvalue weighted by atomic mass is 10.2. The fourth-order valence-corrected chi connectivity index (χ4v) is 1.17. The topological polar surface area (TPSA) is 63.9 Å². The molecule has 82 valence electrons. The number of aliphatic hydroxyl groups excluding tert-OH is 3. The Morgan fingerprint density at radius 1 is 0.857 bits per heavy atom. The second-order valence-corrected chi connectivity index (χ2v) is 2.95. The fourth-order valence-electron chi connectivity index (χ4n) is 1.17. The number of hydrogen-bond donors (Lipinski definition) is 3. The molecule has 0 rings (SSSR count). The molecule has 0 bridgehead atoms. The predicted octanol–water partition coefficient (Wildman–Crippen LogP) is 0.0729. The molecule has 0 fully saturated rings. The van der Waals surface area contributed by atoms with Crippen LogP contribution >= 0.6 is 0 Å². The summed E-state index contributed by atoms with van der Waals surface area (Å²) in [4.78, 5) is 1.73. The van der Waals surface area contributed by atoms with Crippen LogP contribution in [0.25, 0.3) is 0 Å². The van der Waals surface area contributed by atoms with Crippen LogP contribution in [0, 0.1) is 0 Å². The van der Waals surface area contributed by atoms with Crippen molar-refractivity contribution in [2.24, 2.45) is 0 Å². The summed E-state index contributed by atoms with van der Waals surface area (Å²) in [6, 6.07) is 0. The Hall–Kier alpha value is -0.840. The third-order valence-corrected chi connectivity index (χ3v) is 1.89. The molecule has 14 heavy (non-hydrogen) atoms. The smallest absolute Gasteiger partial charge is 0.0610 e. The maximum Gasteiger partial charge on any atom is 0.0610 e. The molecule has 0 aliphatic rings. The molecular formula is C10H19NO3. The minimum Gasteiger partial charge on any atom is -0.396 e. The standard InChI is InChI=1S/C10H19NO3/c1-9(3-6-12)11(5-8-14)10(2)4-7-13/h12-14H,1-8H2. The van der Waals surface area contributed by atoms with Crippen LogP contribution in [-0.4, -0.2) is 46.6 Å². The van der Waals surface area contributed by atoms with E-state index in [-0.39, 0.29) is 19.8 Å². The number of rotatable bonds is 8. The molecule has 0 atom stereocenters. The van der Waals surface area contributed by atoms with Gasteiger partial charge in [0.15, 0.2) is 0 Å². The van der Waals surface area contributed by atoms with Gasteiger partial charge in [0.1, 0.15) is 0 Å². The quantitative estimate of drug-likeness (QED) is 0.520. The summed E-state index contributed by atoms with van der Waals surface area (Å²) in [6.07, 6.45) is 0.898. The van der Waals surface area contributed by atoms with E-state index in [2.05, 4.69) is 13.2 Å². The molecule has 0 unspecified atom stereocenters. The molecule has 0 saturated carbocycles. The predicted molar refractivity (Wildman–Crippen MR) is 55.5 cm³/mol. The summed E-state index contributed by atoms with van der Waals surface area (Å²) in [7, 11) is 0. The van der Waals surface area contributed by atoms with Gasteiger partial charge in [-0.2, -0.15) is 0 Å². The molecule has 0 aliphatic heterocycles. The molecule has 0 aliphatic carbocycles. The number of hydrogen-bond acceptors (Lipinski definition) is 4. The van der Waals surface area contributed by atoms with Crippen molar-refractivity contribution < 1.29 is 15.3 Å². The van der Waals surface area contributed by atoms with Crippen molar-refractivity contribution in [2.75, 3.05) is 26.4 Å². The van der Waals surface area contributed by atoms with Gasteiger partial charge in [0.2, 0.25) is 0 Å². The molecule has 0 heterocycles. The van der Waals surface area contributed by atoms with E-state index in [0.29, 0.717) is 30.8 Å². The zero-order chi connectivity index (χ0) is 11.0. The Kier molecular flexibility index (Phi) is 7.10. The Morgan fingerprint density at radius 3 is 1.57 bits per heavy atom. The second kappa shape index (κ2) is 7.55. The first-order valence-electron chi connectivity index (χ1n) is 4.63. The van der Waals surface area contributed by atoms with Gasteiger partial charge < -0.3 is 20.2 Å². The van der Waals surface area contributed by atoms with Gasteiger partial charge >= 0.3 is 0 Å². The monoisotopic (exact) mass is 201 g/mol. The van der Waals surface area contributed by atoms with Gasteiger partial charge in [0, 0.05) is 44.0 Å². The Balaban J connectivity index is 4.25. The summed E-state index contributed by atoms with van der Waals surface area (Å²) in [6.45, 7) is 8.00. The molecule has 0 amide bonds. The second-order valence-electron chi connectivity index (χ2n) is 2.95. The number of nitrogens with zero attached hydrogens (tertiary/aromatic N) is 1. The maximum atomic E-state index is 8.82. The van der Waals surface area contributed by atoms with Crippen LogP contribution in [0.2, 0.25) is 0 Å². The van der Waals surface area contributed by atoms with E-state index >= 15 is 0 Å². The third kappa shape index (κ3) is 4.41. The van der Waals surface area contributed by atoms with Crippen molar-refractivity contribution in [1.82, 2.24) is 4.90 Å². The van der Waals surface area contributed by atoms with Crippen LogP contribution in [0.4, 0.5) is 0 Å². The highest BCUT2D eigenvalue weighted by Gasteiger charge is 2.09. The van der Waals surface area contributed by atoms with Gasteiger partial charge in [0.05, 0.1) is 6.61 Å². The van der Waals surface area contributed by atoms with Crippen molar-refractivity contribution >= 4 is 0 Å². The first-order chi connectivity index (χ1) is 6.67. The summed E-state index contributed by atoms with van der Waals surface area (Å²) in [5.74, 6) is 0. The van der Waals surface area contributed by atoms with Crippen LogP contribution in [-0.2, 0) is 0 Å². The van der Waals surface area contributed by atoms with Gasteiger partial charge in [0.25, 0.3) is 0 Å². The van der Waals surface area contributed by atoms with Gasteiger partial charge in [-0.05, 0) is 0 Å². The van der Waals surface area contributed by atoms with Gasteiger partial charge in [-0.3, -0.25) is 0 Å². The van der Waals surface area contributed by atoms with E-state index in [0.717, 1.165) is 0 Å². The summed E-state index contributed by atoms with van der Waals surface area (Å²) in [5.41, 5.74) is 1.42. The van der Waals surface area contributed by atoms with E-state index in [1.165, 1.54) is 0 Å². The van der Waals surface area contributed by atoms with Crippen molar-refractivity contribution in [3.63, 3.8) is 0 Å². The normalized spacial score (nSPS) is 9.93. The van der Waals surface area contributed by atoms with Crippen LogP contribution < -0.4 is 0 Å². The van der Waals surface area contributed by atoms with Gasteiger partial charge in [-0.15, -0.1) is 0 Å². The largest absolute Gasteiger partial charge is 0.396 e. The van der Waals surface area contributed by atoms with Crippen LogP contribution in [0.1, 0.15) is 12.8 Å². The van der Waals surface area contributed by atoms with Crippen molar-refractivity contribution in [3.8, 4) is 0 Å². The van der Waals surface area contributed by atoms with Crippen molar-refractivity contribution in [3.05, 3.63) is 24.6 Å². The molecule has 0 radical (unpaired) electrons. The van der Waals surface area contributed by atoms with E-state index < -0.39 is 0 Å². The zero-order valence-electron chi connectivity index (χ0n) is 8.45. The average Bonchev–Trinajstić information content (AvgIpc) is 2.14. The summed E-state index contributed by atoms with van der Waals surface area (Å²) in [5, 5.41) is 26.3. The van der Waals surface area contributed by atoms with Crippen LogP contribution in [0.15, 0.2) is 24.6 Å². The van der Waals surface area contributed by atoms with E-state index in [4.69, 9.17) is 15.3 Å². The van der Waals surface area contributed by atoms with E-state index in [1.54, 1.807) is 4.90 Å². The fraction of sp³-hybridized carbons (Fsp3) is 0.600. The van der Waals surface area contributed by atoms with E-state index in [1.807, 2.05) is 0 Å². The van der Waals surface area contributed by atoms with Crippen LogP contribution in [0.3, 0.4) is 0 Å². The minimum atomic E-state index is -0.00506. The molecule has 4 nitrogen and oxygen atoms in total. The Labute approximate surface area is 84.8 Å². The molecule has 3 N–H and O–H groups in total. The first-order valence-corrected chi connectivity index (χ1v) is 4.63. The molecule has 4 heteroatoms. The van der Waals surface area contributed by atoms with Gasteiger partial charge in [-0.1, -0.05) is 13.2 Å². The Morgan fingerprint density at radius 2 is 1.29 bits per heavy atom. The Bertz CT molecular complexity index is 174. The molecule has 0 spiro atoms. The van der Waals surface area contributed by atoms with E-state index in [9.17, 15) is 0 Å². The lowest BCUT2D eigenvalue weighted by Crippen LogP contribution is -2.25. The average molecular weight is 201 g/mol. The highest BCUT2D eigenvalue weighted by atomic mass is 16.3.